The third kappa shape index (κ3) is 3.04. The standard InChI is InChI=1S/C31H20BrCl/c32-28-19-18-25(21-10-4-1-5-11-21)30-29(28)26-17-16-24(33)20-27(26)31(30,22-12-6-2-7-13-22)23-14-8-3-9-15-23/h1-20H. The van der Waals surface area contributed by atoms with E-state index >= 15 is 0 Å². The number of rotatable bonds is 3. The van der Waals surface area contributed by atoms with Crippen LogP contribution in [0.5, 0.6) is 0 Å². The van der Waals surface area contributed by atoms with Gasteiger partial charge in [-0.15, -0.1) is 0 Å². The molecule has 0 N–H and O–H groups in total. The fraction of sp³-hybridized carbons (Fsp3) is 0.0323. The van der Waals surface area contributed by atoms with Crippen molar-refractivity contribution >= 4 is 27.5 Å². The van der Waals surface area contributed by atoms with Gasteiger partial charge in [0.15, 0.2) is 0 Å². The largest absolute Gasteiger partial charge is 0.0843 e. The highest BCUT2D eigenvalue weighted by Gasteiger charge is 2.48. The van der Waals surface area contributed by atoms with Crippen LogP contribution in [0, 0.1) is 0 Å². The third-order valence-corrected chi connectivity index (χ3v) is 7.58. The van der Waals surface area contributed by atoms with Gasteiger partial charge >= 0.3 is 0 Å². The van der Waals surface area contributed by atoms with E-state index in [4.69, 9.17) is 11.6 Å². The lowest BCUT2D eigenvalue weighted by Crippen LogP contribution is -2.29. The highest BCUT2D eigenvalue weighted by atomic mass is 79.9. The van der Waals surface area contributed by atoms with Gasteiger partial charge in [-0.3, -0.25) is 0 Å². The van der Waals surface area contributed by atoms with Gasteiger partial charge in [-0.1, -0.05) is 131 Å². The second-order valence-electron chi connectivity index (χ2n) is 8.38. The molecule has 0 nitrogen and oxygen atoms in total. The smallest absolute Gasteiger partial charge is 0.0720 e. The molecule has 0 aromatic heterocycles. The van der Waals surface area contributed by atoms with Crippen LogP contribution in [0.15, 0.2) is 126 Å². The second kappa shape index (κ2) is 8.02. The zero-order valence-corrected chi connectivity index (χ0v) is 20.1. The molecule has 0 aliphatic heterocycles. The third-order valence-electron chi connectivity index (χ3n) is 6.68. The van der Waals surface area contributed by atoms with Gasteiger partial charge in [0.1, 0.15) is 0 Å². The summed E-state index contributed by atoms with van der Waals surface area (Å²) in [5, 5.41) is 0.746. The van der Waals surface area contributed by atoms with Gasteiger partial charge in [-0.2, -0.15) is 0 Å². The van der Waals surface area contributed by atoms with E-state index in [0.717, 1.165) is 9.50 Å². The van der Waals surface area contributed by atoms with Crippen LogP contribution in [-0.2, 0) is 5.41 Å². The van der Waals surface area contributed by atoms with Crippen molar-refractivity contribution in [2.75, 3.05) is 0 Å². The minimum atomic E-state index is -0.493. The normalized spacial score (nSPS) is 13.4. The average molecular weight is 508 g/mol. The van der Waals surface area contributed by atoms with E-state index < -0.39 is 5.41 Å². The highest BCUT2D eigenvalue weighted by molar-refractivity contribution is 9.10. The maximum absolute atomic E-state index is 6.65. The van der Waals surface area contributed by atoms with Crippen LogP contribution in [0.1, 0.15) is 22.3 Å². The van der Waals surface area contributed by atoms with Crippen LogP contribution >= 0.6 is 27.5 Å². The van der Waals surface area contributed by atoms with Crippen molar-refractivity contribution in [3.8, 4) is 22.3 Å². The first kappa shape index (κ1) is 20.5. The van der Waals surface area contributed by atoms with E-state index in [2.05, 4.69) is 131 Å². The molecule has 0 spiro atoms. The molecule has 1 aliphatic carbocycles. The number of halogens is 2. The van der Waals surface area contributed by atoms with Crippen LogP contribution in [0.2, 0.25) is 5.02 Å². The first-order chi connectivity index (χ1) is 16.2. The Kier molecular flexibility index (Phi) is 4.98. The van der Waals surface area contributed by atoms with E-state index in [-0.39, 0.29) is 0 Å². The Hall–Kier alpha value is -3.13. The topological polar surface area (TPSA) is 0 Å². The molecule has 33 heavy (non-hydrogen) atoms. The molecular weight excluding hydrogens is 488 g/mol. The van der Waals surface area contributed by atoms with Crippen molar-refractivity contribution in [3.63, 3.8) is 0 Å². The summed E-state index contributed by atoms with van der Waals surface area (Å²) in [7, 11) is 0. The Bertz CT molecular complexity index is 1420. The first-order valence-corrected chi connectivity index (χ1v) is 12.2. The lowest BCUT2D eigenvalue weighted by Gasteiger charge is -2.35. The van der Waals surface area contributed by atoms with Crippen LogP contribution in [0.3, 0.4) is 0 Å². The van der Waals surface area contributed by atoms with Gasteiger partial charge in [0.2, 0.25) is 0 Å². The summed E-state index contributed by atoms with van der Waals surface area (Å²) in [6.45, 7) is 0. The van der Waals surface area contributed by atoms with Crippen LogP contribution in [0.4, 0.5) is 0 Å². The van der Waals surface area contributed by atoms with Gasteiger partial charge in [-0.05, 0) is 57.1 Å². The number of fused-ring (bicyclic) bond motifs is 3. The van der Waals surface area contributed by atoms with Crippen molar-refractivity contribution in [2.24, 2.45) is 0 Å². The lowest BCUT2D eigenvalue weighted by atomic mass is 9.66. The van der Waals surface area contributed by atoms with Crippen LogP contribution in [0.25, 0.3) is 22.3 Å². The lowest BCUT2D eigenvalue weighted by molar-refractivity contribution is 0.770. The van der Waals surface area contributed by atoms with E-state index in [1.807, 2.05) is 6.07 Å². The van der Waals surface area contributed by atoms with Crippen LogP contribution in [-0.4, -0.2) is 0 Å². The summed E-state index contributed by atoms with van der Waals surface area (Å²) >= 11 is 10.6. The molecule has 5 aromatic rings. The summed E-state index contributed by atoms with van der Waals surface area (Å²) in [6, 6.07) is 43.0. The van der Waals surface area contributed by atoms with Crippen molar-refractivity contribution in [2.45, 2.75) is 5.41 Å². The maximum Gasteiger partial charge on any atom is 0.0720 e. The number of benzene rings is 5. The van der Waals surface area contributed by atoms with Gasteiger partial charge in [0, 0.05) is 15.1 Å². The van der Waals surface area contributed by atoms with Crippen molar-refractivity contribution in [1.82, 2.24) is 0 Å². The summed E-state index contributed by atoms with van der Waals surface area (Å²) in [6.07, 6.45) is 0. The fourth-order valence-corrected chi connectivity index (χ4v) is 6.13. The Morgan fingerprint density at radius 2 is 1.12 bits per heavy atom. The molecule has 0 saturated heterocycles. The Morgan fingerprint density at radius 3 is 1.73 bits per heavy atom. The first-order valence-electron chi connectivity index (χ1n) is 11.0. The summed E-state index contributed by atoms with van der Waals surface area (Å²) in [5.41, 5.74) is 9.35. The summed E-state index contributed by atoms with van der Waals surface area (Å²) in [4.78, 5) is 0. The summed E-state index contributed by atoms with van der Waals surface area (Å²) < 4.78 is 1.09. The Labute approximate surface area is 207 Å². The average Bonchev–Trinajstić information content (AvgIpc) is 3.18. The quantitative estimate of drug-likeness (QED) is 0.224. The molecule has 0 fully saturated rings. The Morgan fingerprint density at radius 1 is 0.576 bits per heavy atom. The van der Waals surface area contributed by atoms with Crippen molar-refractivity contribution in [3.05, 3.63) is 153 Å². The molecule has 0 bridgehead atoms. The van der Waals surface area contributed by atoms with Gasteiger partial charge in [0.05, 0.1) is 5.41 Å². The second-order valence-corrected chi connectivity index (χ2v) is 9.67. The predicted octanol–water partition coefficient (Wildman–Crippen LogP) is 9.13. The molecule has 0 saturated carbocycles. The SMILES string of the molecule is Clc1ccc2c(c1)C(c1ccccc1)(c1ccccc1)c1c(-c3ccccc3)ccc(Br)c1-2. The minimum absolute atomic E-state index is 0.493. The van der Waals surface area contributed by atoms with Crippen LogP contribution < -0.4 is 0 Å². The molecule has 158 valence electrons. The molecule has 0 atom stereocenters. The number of hydrogen-bond donors (Lipinski definition) is 0. The maximum atomic E-state index is 6.65. The van der Waals surface area contributed by atoms with E-state index in [9.17, 15) is 0 Å². The molecule has 6 rings (SSSR count). The van der Waals surface area contributed by atoms with Gasteiger partial charge in [-0.25, -0.2) is 0 Å². The molecule has 0 heterocycles. The molecule has 5 aromatic carbocycles. The Balaban J connectivity index is 1.86. The number of hydrogen-bond acceptors (Lipinski definition) is 0. The van der Waals surface area contributed by atoms with E-state index in [0.29, 0.717) is 0 Å². The molecule has 0 amide bonds. The van der Waals surface area contributed by atoms with E-state index in [1.54, 1.807) is 0 Å². The van der Waals surface area contributed by atoms with Gasteiger partial charge in [0.25, 0.3) is 0 Å². The van der Waals surface area contributed by atoms with Crippen molar-refractivity contribution < 1.29 is 0 Å². The minimum Gasteiger partial charge on any atom is -0.0843 e. The molecule has 0 radical (unpaired) electrons. The monoisotopic (exact) mass is 506 g/mol. The molecule has 2 heteroatoms. The molecule has 0 unspecified atom stereocenters. The van der Waals surface area contributed by atoms with Crippen molar-refractivity contribution in [1.29, 1.82) is 0 Å². The molecule has 1 aliphatic rings. The fourth-order valence-electron chi connectivity index (χ4n) is 5.41. The zero-order valence-electron chi connectivity index (χ0n) is 17.8. The molecular formula is C31H20BrCl. The summed E-state index contributed by atoms with van der Waals surface area (Å²) in [5.74, 6) is 0. The van der Waals surface area contributed by atoms with Gasteiger partial charge < -0.3 is 0 Å². The highest BCUT2D eigenvalue weighted by Crippen LogP contribution is 2.60. The van der Waals surface area contributed by atoms with E-state index in [1.165, 1.54) is 44.5 Å². The zero-order chi connectivity index (χ0) is 22.4. The predicted molar refractivity (Wildman–Crippen MR) is 142 cm³/mol.